The van der Waals surface area contributed by atoms with E-state index in [1.165, 1.54) is 0 Å². The van der Waals surface area contributed by atoms with Crippen molar-refractivity contribution in [3.05, 3.63) is 31.1 Å². The van der Waals surface area contributed by atoms with Crippen molar-refractivity contribution in [1.82, 2.24) is 4.98 Å². The Labute approximate surface area is 48.5 Å². The van der Waals surface area contributed by atoms with Crippen LogP contribution in [0.4, 0.5) is 0 Å². The number of nitrogens with one attached hydrogen (secondary N) is 1. The Kier molecular flexibility index (Phi) is 1.70. The van der Waals surface area contributed by atoms with Gasteiger partial charge >= 0.3 is 0 Å². The smallest absolute Gasteiger partial charge is 0.0866 e. The average molecular weight is 110 g/mol. The fourth-order valence-electron chi connectivity index (χ4n) is 0.567. The predicted molar refractivity (Wildman–Crippen MR) is 30.9 cm³/mol. The molecule has 0 aliphatic carbocycles. The van der Waals surface area contributed by atoms with E-state index in [-0.39, 0.29) is 0 Å². The van der Waals surface area contributed by atoms with Gasteiger partial charge in [-0.2, -0.15) is 0 Å². The van der Waals surface area contributed by atoms with Gasteiger partial charge in [-0.15, -0.1) is 0 Å². The molecule has 0 saturated heterocycles. The van der Waals surface area contributed by atoms with E-state index >= 15 is 0 Å². The van der Waals surface area contributed by atoms with Crippen LogP contribution in [0.5, 0.6) is 0 Å². The summed E-state index contributed by atoms with van der Waals surface area (Å²) in [6, 6.07) is 3.87. The summed E-state index contributed by atoms with van der Waals surface area (Å²) in [5, 5.41) is 0. The highest BCUT2D eigenvalue weighted by Gasteiger charge is 1.85. The first-order valence-corrected chi connectivity index (χ1v) is 2.42. The van der Waals surface area contributed by atoms with Crippen LogP contribution in [0.3, 0.4) is 0 Å². The summed E-state index contributed by atoms with van der Waals surface area (Å²) in [5.74, 6) is 0. The highest BCUT2D eigenvalue weighted by Crippen LogP contribution is 1.94. The summed E-state index contributed by atoms with van der Waals surface area (Å²) in [4.78, 5) is 2.97. The number of rotatable bonds is 2. The van der Waals surface area contributed by atoms with E-state index < -0.39 is 0 Å². The third kappa shape index (κ3) is 1.10. The SMILES string of the molecule is [CH2]OCc1ccc[nH]1. The van der Waals surface area contributed by atoms with Gasteiger partial charge in [-0.25, -0.2) is 0 Å². The van der Waals surface area contributed by atoms with Crippen molar-refractivity contribution < 1.29 is 4.74 Å². The Balaban J connectivity index is 2.50. The molecule has 0 aliphatic heterocycles. The van der Waals surface area contributed by atoms with E-state index in [0.29, 0.717) is 6.61 Å². The second-order valence-electron chi connectivity index (χ2n) is 1.54. The van der Waals surface area contributed by atoms with Crippen LogP contribution >= 0.6 is 0 Å². The first-order valence-electron chi connectivity index (χ1n) is 2.42. The van der Waals surface area contributed by atoms with Crippen molar-refractivity contribution in [2.45, 2.75) is 6.61 Å². The van der Waals surface area contributed by atoms with Crippen molar-refractivity contribution >= 4 is 0 Å². The molecule has 0 fully saturated rings. The number of aromatic nitrogens is 1. The molecular weight excluding hydrogens is 102 g/mol. The Morgan fingerprint density at radius 2 is 2.62 bits per heavy atom. The van der Waals surface area contributed by atoms with Gasteiger partial charge in [-0.05, 0) is 12.1 Å². The topological polar surface area (TPSA) is 25.0 Å². The largest absolute Gasteiger partial charge is 0.373 e. The lowest BCUT2D eigenvalue weighted by molar-refractivity contribution is 0.225. The van der Waals surface area contributed by atoms with Crippen LogP contribution in [0.25, 0.3) is 0 Å². The molecule has 2 nitrogen and oxygen atoms in total. The van der Waals surface area contributed by atoms with Crippen LogP contribution in [0.1, 0.15) is 5.69 Å². The average Bonchev–Trinajstić information content (AvgIpc) is 2.19. The molecule has 43 valence electrons. The third-order valence-corrected chi connectivity index (χ3v) is 0.920. The highest BCUT2D eigenvalue weighted by atomic mass is 16.5. The first kappa shape index (κ1) is 5.38. The van der Waals surface area contributed by atoms with Crippen LogP contribution in [-0.2, 0) is 11.3 Å². The van der Waals surface area contributed by atoms with E-state index in [2.05, 4.69) is 16.8 Å². The Morgan fingerprint density at radius 1 is 1.75 bits per heavy atom. The monoisotopic (exact) mass is 110 g/mol. The van der Waals surface area contributed by atoms with Crippen LogP contribution in [0.15, 0.2) is 18.3 Å². The zero-order chi connectivity index (χ0) is 5.82. The molecule has 0 aliphatic rings. The van der Waals surface area contributed by atoms with Gasteiger partial charge in [0.1, 0.15) is 0 Å². The summed E-state index contributed by atoms with van der Waals surface area (Å²) in [7, 11) is 3.24. The normalized spacial score (nSPS) is 9.62. The molecule has 0 unspecified atom stereocenters. The molecule has 0 saturated carbocycles. The maximum absolute atomic E-state index is 4.60. The number of ether oxygens (including phenoxy) is 1. The van der Waals surface area contributed by atoms with Crippen molar-refractivity contribution in [1.29, 1.82) is 0 Å². The minimum atomic E-state index is 0.562. The molecular formula is C6H8NO. The van der Waals surface area contributed by atoms with Crippen LogP contribution in [-0.4, -0.2) is 4.98 Å². The van der Waals surface area contributed by atoms with Gasteiger partial charge < -0.3 is 9.72 Å². The summed E-state index contributed by atoms with van der Waals surface area (Å²) < 4.78 is 4.60. The molecule has 0 amide bonds. The lowest BCUT2D eigenvalue weighted by Crippen LogP contribution is -1.82. The van der Waals surface area contributed by atoms with Gasteiger partial charge in [0.2, 0.25) is 0 Å². The molecule has 1 heterocycles. The second kappa shape index (κ2) is 2.52. The summed E-state index contributed by atoms with van der Waals surface area (Å²) in [6.07, 6.45) is 1.86. The van der Waals surface area contributed by atoms with Crippen LogP contribution < -0.4 is 0 Å². The number of H-pyrrole nitrogens is 1. The zero-order valence-electron chi connectivity index (χ0n) is 4.55. The first-order chi connectivity index (χ1) is 3.93. The summed E-state index contributed by atoms with van der Waals surface area (Å²) in [5.41, 5.74) is 1.06. The molecule has 0 bridgehead atoms. The van der Waals surface area contributed by atoms with Crippen molar-refractivity contribution in [2.75, 3.05) is 0 Å². The molecule has 1 N–H and O–H groups in total. The third-order valence-electron chi connectivity index (χ3n) is 0.920. The van der Waals surface area contributed by atoms with Crippen LogP contribution in [0.2, 0.25) is 0 Å². The van der Waals surface area contributed by atoms with Crippen molar-refractivity contribution in [2.24, 2.45) is 0 Å². The molecule has 0 spiro atoms. The van der Waals surface area contributed by atoms with E-state index in [1.54, 1.807) is 0 Å². The fourth-order valence-corrected chi connectivity index (χ4v) is 0.567. The highest BCUT2D eigenvalue weighted by molar-refractivity contribution is 5.01. The van der Waals surface area contributed by atoms with Crippen molar-refractivity contribution in [3.8, 4) is 0 Å². The molecule has 1 aromatic rings. The Bertz CT molecular complexity index is 134. The number of hydrogen-bond acceptors (Lipinski definition) is 1. The van der Waals surface area contributed by atoms with Crippen LogP contribution in [0, 0.1) is 7.11 Å². The molecule has 0 aromatic carbocycles. The summed E-state index contributed by atoms with van der Waals surface area (Å²) >= 11 is 0. The van der Waals surface area contributed by atoms with Gasteiger partial charge in [-0.1, -0.05) is 0 Å². The minimum Gasteiger partial charge on any atom is -0.373 e. The summed E-state index contributed by atoms with van der Waals surface area (Å²) in [6.45, 7) is 0.562. The van der Waals surface area contributed by atoms with Gasteiger partial charge in [0.05, 0.1) is 13.7 Å². The maximum atomic E-state index is 4.60. The molecule has 2 heteroatoms. The maximum Gasteiger partial charge on any atom is 0.0866 e. The van der Waals surface area contributed by atoms with E-state index in [9.17, 15) is 0 Å². The van der Waals surface area contributed by atoms with E-state index in [1.807, 2.05) is 18.3 Å². The number of aromatic amines is 1. The predicted octanol–water partition coefficient (Wildman–Crippen LogP) is 1.32. The minimum absolute atomic E-state index is 0.562. The fraction of sp³-hybridized carbons (Fsp3) is 0.167. The molecule has 8 heavy (non-hydrogen) atoms. The molecule has 0 atom stereocenters. The van der Waals surface area contributed by atoms with E-state index in [0.717, 1.165) is 5.69 Å². The Morgan fingerprint density at radius 3 is 3.12 bits per heavy atom. The van der Waals surface area contributed by atoms with Gasteiger partial charge in [-0.3, -0.25) is 0 Å². The van der Waals surface area contributed by atoms with Gasteiger partial charge in [0, 0.05) is 11.9 Å². The lowest BCUT2D eigenvalue weighted by atomic mass is 10.5. The quantitative estimate of drug-likeness (QED) is 0.610. The zero-order valence-corrected chi connectivity index (χ0v) is 4.55. The molecule has 1 rings (SSSR count). The van der Waals surface area contributed by atoms with Crippen molar-refractivity contribution in [3.63, 3.8) is 0 Å². The molecule has 1 radical (unpaired) electrons. The lowest BCUT2D eigenvalue weighted by Gasteiger charge is -1.90. The standard InChI is InChI=1S/C6H8NO/c1-8-5-6-3-2-4-7-6/h2-4,7H,1,5H2. The molecule has 1 aromatic heterocycles. The number of hydrogen-bond donors (Lipinski definition) is 1. The second-order valence-corrected chi connectivity index (χ2v) is 1.54. The van der Waals surface area contributed by atoms with Gasteiger partial charge in [0.15, 0.2) is 0 Å². The van der Waals surface area contributed by atoms with E-state index in [4.69, 9.17) is 0 Å². The Hall–Kier alpha value is -0.760. The van der Waals surface area contributed by atoms with Gasteiger partial charge in [0.25, 0.3) is 0 Å².